The van der Waals surface area contributed by atoms with E-state index in [0.717, 1.165) is 22.0 Å². The van der Waals surface area contributed by atoms with Crippen molar-refractivity contribution in [1.29, 1.82) is 0 Å². The lowest BCUT2D eigenvalue weighted by atomic mass is 9.98. The molecule has 31 heavy (non-hydrogen) atoms. The second-order valence-corrected chi connectivity index (χ2v) is 7.56. The number of carbonyl (C=O) groups excluding carboxylic acids is 1. The number of hydrogen-bond acceptors (Lipinski definition) is 3. The molecule has 0 aliphatic heterocycles. The first-order valence-corrected chi connectivity index (χ1v) is 10.0. The van der Waals surface area contributed by atoms with Crippen molar-refractivity contribution in [2.75, 3.05) is 11.9 Å². The van der Waals surface area contributed by atoms with Gasteiger partial charge in [0, 0.05) is 28.7 Å². The summed E-state index contributed by atoms with van der Waals surface area (Å²) in [6.07, 6.45) is 1.20. The first-order chi connectivity index (χ1) is 15.1. The van der Waals surface area contributed by atoms with E-state index >= 15 is 0 Å². The van der Waals surface area contributed by atoms with E-state index in [4.69, 9.17) is 9.84 Å². The van der Waals surface area contributed by atoms with Gasteiger partial charge in [-0.05, 0) is 46.5 Å². The number of aliphatic carboxylic acids is 1. The van der Waals surface area contributed by atoms with Gasteiger partial charge in [-0.1, -0.05) is 48.5 Å². The summed E-state index contributed by atoms with van der Waals surface area (Å²) in [7, 11) is 0. The SMILES string of the molecule is O=C(O)Cn1ccc2cc(NC(=O)OCC3c4ccccc4-c4ccccc43)ccc21. The summed E-state index contributed by atoms with van der Waals surface area (Å²) < 4.78 is 7.23. The number of anilines is 1. The Morgan fingerprint density at radius 2 is 1.61 bits per heavy atom. The maximum Gasteiger partial charge on any atom is 0.411 e. The fraction of sp³-hybridized carbons (Fsp3) is 0.120. The summed E-state index contributed by atoms with van der Waals surface area (Å²) in [5, 5.41) is 12.6. The standard InChI is InChI=1S/C25H20N2O4/c28-24(29)14-27-12-11-16-13-17(9-10-23(16)27)26-25(30)31-15-22-20-7-3-1-5-18(20)19-6-2-4-8-21(19)22/h1-13,22H,14-15H2,(H,26,30)(H,28,29). The van der Waals surface area contributed by atoms with Crippen molar-refractivity contribution in [1.82, 2.24) is 4.57 Å². The average Bonchev–Trinajstić information content (AvgIpc) is 3.30. The lowest BCUT2D eigenvalue weighted by molar-refractivity contribution is -0.137. The van der Waals surface area contributed by atoms with Gasteiger partial charge < -0.3 is 14.4 Å². The minimum Gasteiger partial charge on any atom is -0.480 e. The van der Waals surface area contributed by atoms with E-state index in [9.17, 15) is 9.59 Å². The zero-order valence-electron chi connectivity index (χ0n) is 16.6. The third-order valence-corrected chi connectivity index (χ3v) is 5.67. The third kappa shape index (κ3) is 3.53. The number of amides is 1. The number of fused-ring (bicyclic) bond motifs is 4. The highest BCUT2D eigenvalue weighted by Crippen LogP contribution is 2.44. The van der Waals surface area contributed by atoms with Crippen LogP contribution in [0.5, 0.6) is 0 Å². The number of hydrogen-bond donors (Lipinski definition) is 2. The Labute approximate surface area is 178 Å². The van der Waals surface area contributed by atoms with Crippen LogP contribution >= 0.6 is 0 Å². The van der Waals surface area contributed by atoms with E-state index in [1.165, 1.54) is 11.1 Å². The molecule has 0 saturated heterocycles. The van der Waals surface area contributed by atoms with Crippen molar-refractivity contribution in [3.05, 3.63) is 90.1 Å². The lowest BCUT2D eigenvalue weighted by Gasteiger charge is -2.14. The quantitative estimate of drug-likeness (QED) is 0.479. The van der Waals surface area contributed by atoms with E-state index in [-0.39, 0.29) is 19.1 Å². The maximum absolute atomic E-state index is 12.5. The molecule has 1 aliphatic carbocycles. The van der Waals surface area contributed by atoms with E-state index in [1.807, 2.05) is 30.3 Å². The van der Waals surface area contributed by atoms with Gasteiger partial charge >= 0.3 is 12.1 Å². The molecule has 4 aromatic rings. The highest BCUT2D eigenvalue weighted by Gasteiger charge is 2.29. The van der Waals surface area contributed by atoms with Gasteiger partial charge in [-0.3, -0.25) is 10.1 Å². The van der Waals surface area contributed by atoms with Crippen LogP contribution < -0.4 is 5.32 Å². The van der Waals surface area contributed by atoms with Crippen LogP contribution in [-0.2, 0) is 16.1 Å². The molecular weight excluding hydrogens is 392 g/mol. The van der Waals surface area contributed by atoms with Crippen molar-refractivity contribution in [2.24, 2.45) is 0 Å². The summed E-state index contributed by atoms with van der Waals surface area (Å²) in [6, 6.07) is 23.5. The van der Waals surface area contributed by atoms with E-state index in [2.05, 4.69) is 29.6 Å². The molecule has 1 heterocycles. The van der Waals surface area contributed by atoms with Crippen molar-refractivity contribution >= 4 is 28.7 Å². The molecule has 0 saturated carbocycles. The molecule has 5 rings (SSSR count). The number of carbonyl (C=O) groups is 2. The van der Waals surface area contributed by atoms with Crippen LogP contribution in [0, 0.1) is 0 Å². The number of nitrogens with one attached hydrogen (secondary N) is 1. The molecular formula is C25H20N2O4. The summed E-state index contributed by atoms with van der Waals surface area (Å²) in [4.78, 5) is 23.4. The van der Waals surface area contributed by atoms with Crippen molar-refractivity contribution in [3.8, 4) is 11.1 Å². The van der Waals surface area contributed by atoms with Crippen LogP contribution in [0.15, 0.2) is 79.0 Å². The number of nitrogens with zero attached hydrogens (tertiary/aromatic N) is 1. The molecule has 6 nitrogen and oxygen atoms in total. The summed E-state index contributed by atoms with van der Waals surface area (Å²) >= 11 is 0. The fourth-order valence-electron chi connectivity index (χ4n) is 4.31. The summed E-state index contributed by atoms with van der Waals surface area (Å²) in [6.45, 7) is 0.139. The van der Waals surface area contributed by atoms with Crippen LogP contribution in [-0.4, -0.2) is 28.3 Å². The first kappa shape index (κ1) is 18.9. The minimum atomic E-state index is -0.904. The molecule has 0 fully saturated rings. The summed E-state index contributed by atoms with van der Waals surface area (Å²) in [5.74, 6) is -0.899. The van der Waals surface area contributed by atoms with Gasteiger partial charge in [-0.15, -0.1) is 0 Å². The third-order valence-electron chi connectivity index (χ3n) is 5.67. The van der Waals surface area contributed by atoms with Crippen LogP contribution in [0.25, 0.3) is 22.0 Å². The monoisotopic (exact) mass is 412 g/mol. The van der Waals surface area contributed by atoms with Gasteiger partial charge in [0.1, 0.15) is 13.2 Å². The highest BCUT2D eigenvalue weighted by molar-refractivity contribution is 5.91. The smallest absolute Gasteiger partial charge is 0.411 e. The van der Waals surface area contributed by atoms with Crippen LogP contribution in [0.4, 0.5) is 10.5 Å². The fourth-order valence-corrected chi connectivity index (χ4v) is 4.31. The van der Waals surface area contributed by atoms with Crippen LogP contribution in [0.2, 0.25) is 0 Å². The van der Waals surface area contributed by atoms with Crippen LogP contribution in [0.1, 0.15) is 17.0 Å². The number of carboxylic acid groups (broad SMARTS) is 1. The molecule has 0 spiro atoms. The van der Waals surface area contributed by atoms with Gasteiger partial charge in [-0.2, -0.15) is 0 Å². The van der Waals surface area contributed by atoms with Gasteiger partial charge in [0.05, 0.1) is 0 Å². The Balaban J connectivity index is 1.29. The molecule has 0 unspecified atom stereocenters. The van der Waals surface area contributed by atoms with Crippen LogP contribution in [0.3, 0.4) is 0 Å². The Hall–Kier alpha value is -4.06. The number of carboxylic acids is 1. The zero-order valence-corrected chi connectivity index (χ0v) is 16.6. The largest absolute Gasteiger partial charge is 0.480 e. The molecule has 0 atom stereocenters. The van der Waals surface area contributed by atoms with Crippen molar-refractivity contribution < 1.29 is 19.4 Å². The van der Waals surface area contributed by atoms with Gasteiger partial charge in [0.2, 0.25) is 0 Å². The average molecular weight is 412 g/mol. The number of aromatic nitrogens is 1. The van der Waals surface area contributed by atoms with E-state index in [0.29, 0.717) is 5.69 Å². The molecule has 1 amide bonds. The molecule has 1 aliphatic rings. The van der Waals surface area contributed by atoms with Gasteiger partial charge in [-0.25, -0.2) is 4.79 Å². The molecule has 0 radical (unpaired) electrons. The molecule has 6 heteroatoms. The minimum absolute atomic E-state index is 0.00526. The predicted molar refractivity (Wildman–Crippen MR) is 118 cm³/mol. The second kappa shape index (κ2) is 7.65. The molecule has 3 aromatic carbocycles. The number of ether oxygens (including phenoxy) is 1. The normalized spacial score (nSPS) is 12.4. The Morgan fingerprint density at radius 3 is 2.29 bits per heavy atom. The second-order valence-electron chi connectivity index (χ2n) is 7.56. The topological polar surface area (TPSA) is 80.6 Å². The summed E-state index contributed by atoms with van der Waals surface area (Å²) in [5.41, 5.74) is 6.08. The Morgan fingerprint density at radius 1 is 0.935 bits per heavy atom. The molecule has 154 valence electrons. The Bertz CT molecular complexity index is 1260. The van der Waals surface area contributed by atoms with E-state index in [1.54, 1.807) is 29.0 Å². The number of rotatable bonds is 5. The molecule has 0 bridgehead atoms. The lowest BCUT2D eigenvalue weighted by Crippen LogP contribution is -2.17. The number of benzene rings is 3. The first-order valence-electron chi connectivity index (χ1n) is 10.0. The maximum atomic E-state index is 12.5. The molecule has 2 N–H and O–H groups in total. The van der Waals surface area contributed by atoms with Crippen molar-refractivity contribution in [3.63, 3.8) is 0 Å². The zero-order chi connectivity index (χ0) is 21.4. The van der Waals surface area contributed by atoms with Gasteiger partial charge in [0.15, 0.2) is 0 Å². The Kier molecular flexibility index (Phi) is 4.67. The highest BCUT2D eigenvalue weighted by atomic mass is 16.5. The van der Waals surface area contributed by atoms with E-state index < -0.39 is 12.1 Å². The predicted octanol–water partition coefficient (Wildman–Crippen LogP) is 5.09. The molecule has 1 aromatic heterocycles. The van der Waals surface area contributed by atoms with Crippen molar-refractivity contribution in [2.45, 2.75) is 12.5 Å². The van der Waals surface area contributed by atoms with Gasteiger partial charge in [0.25, 0.3) is 0 Å².